The topological polar surface area (TPSA) is 79.7 Å². The van der Waals surface area contributed by atoms with Crippen molar-refractivity contribution in [1.29, 1.82) is 0 Å². The van der Waals surface area contributed by atoms with E-state index in [-0.39, 0.29) is 18.9 Å². The summed E-state index contributed by atoms with van der Waals surface area (Å²) >= 11 is 1.63. The average Bonchev–Trinajstić information content (AvgIpc) is 3.49. The fourth-order valence-corrected chi connectivity index (χ4v) is 4.70. The maximum Gasteiger partial charge on any atom is 0.303 e. The van der Waals surface area contributed by atoms with Crippen LogP contribution in [0.15, 0.2) is 89.8 Å². The molecule has 0 fully saturated rings. The maximum absolute atomic E-state index is 13.8. The van der Waals surface area contributed by atoms with Gasteiger partial charge in [-0.15, -0.1) is 0 Å². The summed E-state index contributed by atoms with van der Waals surface area (Å²) in [5.74, 6) is -0.361. The number of nitrogens with zero attached hydrogens (tertiary/aromatic N) is 2. The third-order valence-electron chi connectivity index (χ3n) is 6.10. The smallest absolute Gasteiger partial charge is 0.303 e. The van der Waals surface area contributed by atoms with Crippen molar-refractivity contribution in [3.05, 3.63) is 107 Å². The molecule has 0 aliphatic carbocycles. The van der Waals surface area contributed by atoms with E-state index in [0.29, 0.717) is 30.8 Å². The van der Waals surface area contributed by atoms with Crippen molar-refractivity contribution < 1.29 is 20.8 Å². The number of aryl methyl sites for hydroxylation is 1. The van der Waals surface area contributed by atoms with Gasteiger partial charge in [-0.3, -0.25) is 14.6 Å². The predicted octanol–water partition coefficient (Wildman–Crippen LogP) is 6.72. The molecule has 1 unspecified atom stereocenters. The molecular formula is C31H32N2O4S. The molecular weight excluding hydrogens is 496 g/mol. The number of carbonyl (C=O) groups excluding carboxylic acids is 1. The Bertz CT molecular complexity index is 1330. The van der Waals surface area contributed by atoms with Crippen LogP contribution in [0.3, 0.4) is 0 Å². The van der Waals surface area contributed by atoms with Crippen molar-refractivity contribution in [3.8, 4) is 16.9 Å². The van der Waals surface area contributed by atoms with Crippen molar-refractivity contribution in [2.24, 2.45) is 0 Å². The number of aliphatic carboxylic acids is 1. The normalized spacial score (nSPS) is 11.9. The van der Waals surface area contributed by atoms with Gasteiger partial charge in [0.15, 0.2) is 0 Å². The van der Waals surface area contributed by atoms with Gasteiger partial charge < -0.3 is 14.7 Å². The first-order valence-corrected chi connectivity index (χ1v) is 13.6. The van der Waals surface area contributed by atoms with Crippen LogP contribution >= 0.6 is 11.3 Å². The molecule has 0 aliphatic rings. The van der Waals surface area contributed by atoms with Gasteiger partial charge in [0.1, 0.15) is 5.75 Å². The van der Waals surface area contributed by atoms with Crippen LogP contribution in [0, 0.1) is 0 Å². The Labute approximate surface area is 229 Å². The monoisotopic (exact) mass is 529 g/mol. The molecule has 2 aromatic heterocycles. The zero-order valence-corrected chi connectivity index (χ0v) is 22.0. The Balaban J connectivity index is 1.51. The number of hydrogen-bond donors (Lipinski definition) is 1. The van der Waals surface area contributed by atoms with Gasteiger partial charge in [-0.1, -0.05) is 36.4 Å². The molecule has 38 heavy (non-hydrogen) atoms. The Morgan fingerprint density at radius 1 is 0.947 bits per heavy atom. The summed E-state index contributed by atoms with van der Waals surface area (Å²) in [6, 6.07) is 22.7. The summed E-state index contributed by atoms with van der Waals surface area (Å²) in [5, 5.41) is 12.9. The van der Waals surface area contributed by atoms with E-state index >= 15 is 0 Å². The van der Waals surface area contributed by atoms with E-state index < -0.39 is 12.5 Å². The van der Waals surface area contributed by atoms with E-state index in [9.17, 15) is 9.59 Å². The first kappa shape index (κ1) is 25.7. The minimum atomic E-state index is -0.854. The molecule has 0 radical (unpaired) electrons. The molecule has 4 rings (SSSR count). The molecule has 196 valence electrons. The number of carbonyl (C=O) groups is 2. The van der Waals surface area contributed by atoms with Gasteiger partial charge in [-0.05, 0) is 77.5 Å². The standard InChI is InChI=1S/C31H32N2O4S/c34-30(35)11-2-1-7-20-37-29-10-4-3-8-26(29)22-33(19-16-28-9-5-6-18-32-28)31(36)25-14-12-24(13-15-25)27-17-21-38-23-27/h3-6,8-10,12-15,17-18,21,23H,1-2,7,11,16,19-20,22H2,(H,34,35)/i19D. The van der Waals surface area contributed by atoms with E-state index in [2.05, 4.69) is 10.4 Å². The van der Waals surface area contributed by atoms with Crippen molar-refractivity contribution in [1.82, 2.24) is 9.88 Å². The van der Waals surface area contributed by atoms with Crippen LogP contribution in [0.1, 0.15) is 48.7 Å². The molecule has 4 aromatic rings. The summed E-state index contributed by atoms with van der Waals surface area (Å²) in [4.78, 5) is 30.4. The number of rotatable bonds is 14. The van der Waals surface area contributed by atoms with Crippen LogP contribution in [-0.2, 0) is 17.8 Å². The highest BCUT2D eigenvalue weighted by Crippen LogP contribution is 2.24. The van der Waals surface area contributed by atoms with Crippen LogP contribution in [0.5, 0.6) is 5.75 Å². The summed E-state index contributed by atoms with van der Waals surface area (Å²) in [6.07, 6.45) is 4.26. The molecule has 0 saturated heterocycles. The van der Waals surface area contributed by atoms with Crippen molar-refractivity contribution in [2.45, 2.75) is 38.6 Å². The molecule has 6 nitrogen and oxygen atoms in total. The van der Waals surface area contributed by atoms with Crippen LogP contribution in [-0.4, -0.2) is 40.0 Å². The minimum Gasteiger partial charge on any atom is -0.493 e. The van der Waals surface area contributed by atoms with Gasteiger partial charge in [0.25, 0.3) is 5.91 Å². The Kier molecular flexibility index (Phi) is 9.52. The zero-order valence-electron chi connectivity index (χ0n) is 22.2. The second-order valence-corrected chi connectivity index (χ2v) is 9.67. The van der Waals surface area contributed by atoms with Gasteiger partial charge in [0.2, 0.25) is 0 Å². The van der Waals surface area contributed by atoms with Gasteiger partial charge in [0.05, 0.1) is 6.61 Å². The van der Waals surface area contributed by atoms with Crippen LogP contribution < -0.4 is 4.74 Å². The molecule has 2 aromatic carbocycles. The number of carboxylic acid groups (broad SMARTS) is 1. The van der Waals surface area contributed by atoms with E-state index in [0.717, 1.165) is 35.2 Å². The van der Waals surface area contributed by atoms with E-state index in [1.54, 1.807) is 22.4 Å². The van der Waals surface area contributed by atoms with Gasteiger partial charge in [-0.25, -0.2) is 0 Å². The summed E-state index contributed by atoms with van der Waals surface area (Å²) in [5.41, 5.74) is 4.22. The van der Waals surface area contributed by atoms with Gasteiger partial charge >= 0.3 is 5.97 Å². The average molecular weight is 530 g/mol. The Morgan fingerprint density at radius 2 is 1.76 bits per heavy atom. The summed E-state index contributed by atoms with van der Waals surface area (Å²) < 4.78 is 15.0. The van der Waals surface area contributed by atoms with Crippen molar-refractivity contribution in [2.75, 3.05) is 13.1 Å². The number of ether oxygens (including phenoxy) is 1. The highest BCUT2D eigenvalue weighted by molar-refractivity contribution is 7.08. The first-order valence-electron chi connectivity index (χ1n) is 13.3. The Morgan fingerprint density at radius 3 is 2.50 bits per heavy atom. The lowest BCUT2D eigenvalue weighted by Gasteiger charge is -2.24. The third-order valence-corrected chi connectivity index (χ3v) is 6.78. The van der Waals surface area contributed by atoms with Crippen LogP contribution in [0.25, 0.3) is 11.1 Å². The second-order valence-electron chi connectivity index (χ2n) is 8.89. The highest BCUT2D eigenvalue weighted by atomic mass is 32.1. The molecule has 0 aliphatic heterocycles. The largest absolute Gasteiger partial charge is 0.493 e. The number of unbranched alkanes of at least 4 members (excludes halogenated alkanes) is 2. The molecule has 7 heteroatoms. The van der Waals surface area contributed by atoms with E-state index in [4.69, 9.17) is 11.2 Å². The van der Waals surface area contributed by atoms with Gasteiger partial charge in [-0.2, -0.15) is 11.3 Å². The highest BCUT2D eigenvalue weighted by Gasteiger charge is 2.18. The van der Waals surface area contributed by atoms with Crippen LogP contribution in [0.2, 0.25) is 0 Å². The fraction of sp³-hybridized carbons (Fsp3) is 0.258. The number of benzene rings is 2. The number of carboxylic acids is 1. The van der Waals surface area contributed by atoms with Crippen molar-refractivity contribution >= 4 is 23.2 Å². The molecule has 0 bridgehead atoms. The number of amides is 1. The second kappa shape index (κ2) is 14.1. The third kappa shape index (κ3) is 8.02. The molecule has 0 spiro atoms. The maximum atomic E-state index is 13.8. The van der Waals surface area contributed by atoms with Crippen molar-refractivity contribution in [3.63, 3.8) is 0 Å². The van der Waals surface area contributed by atoms with E-state index in [1.165, 1.54) is 0 Å². The fourth-order valence-electron chi connectivity index (χ4n) is 4.04. The number of aromatic nitrogens is 1. The molecule has 1 amide bonds. The summed E-state index contributed by atoms with van der Waals surface area (Å²) in [7, 11) is 0. The lowest BCUT2D eigenvalue weighted by atomic mass is 10.1. The Hall–Kier alpha value is -3.97. The zero-order chi connectivity index (χ0) is 27.5. The minimum absolute atomic E-state index is 0.156. The lowest BCUT2D eigenvalue weighted by Crippen LogP contribution is -2.32. The molecule has 0 saturated carbocycles. The van der Waals surface area contributed by atoms with E-state index in [1.807, 2.05) is 78.2 Å². The lowest BCUT2D eigenvalue weighted by molar-refractivity contribution is -0.137. The predicted molar refractivity (Wildman–Crippen MR) is 150 cm³/mol. The quantitative estimate of drug-likeness (QED) is 0.184. The summed E-state index contributed by atoms with van der Waals surface area (Å²) in [6.45, 7) is -0.193. The first-order chi connectivity index (χ1) is 19.0. The number of thiophene rings is 1. The van der Waals surface area contributed by atoms with Gasteiger partial charge in [0, 0.05) is 50.3 Å². The van der Waals surface area contributed by atoms with Crippen LogP contribution in [0.4, 0.5) is 0 Å². The number of pyridine rings is 1. The molecule has 2 heterocycles. The number of hydrogen-bond acceptors (Lipinski definition) is 5. The SMILES string of the molecule is [2H]C(Cc1ccccn1)N(Cc1ccccc1OCCCCCC(=O)O)C(=O)c1ccc(-c2ccsc2)cc1. The molecule has 1 N–H and O–H groups in total. The number of para-hydroxylation sites is 1. The molecule has 1 atom stereocenters.